The molecule has 0 saturated heterocycles. The van der Waals surface area contributed by atoms with Crippen molar-refractivity contribution in [3.8, 4) is 22.2 Å². The van der Waals surface area contributed by atoms with Gasteiger partial charge in [0.1, 0.15) is 33.3 Å². The molecule has 0 radical (unpaired) electrons. The van der Waals surface area contributed by atoms with Gasteiger partial charge in [-0.3, -0.25) is 15.3 Å². The van der Waals surface area contributed by atoms with Crippen molar-refractivity contribution in [1.29, 1.82) is 0 Å². The summed E-state index contributed by atoms with van der Waals surface area (Å²) in [7, 11) is 1.56. The van der Waals surface area contributed by atoms with E-state index in [2.05, 4.69) is 25.3 Å². The van der Waals surface area contributed by atoms with Crippen LogP contribution in [0.1, 0.15) is 19.5 Å². The molecule has 0 aliphatic rings. The maximum atomic E-state index is 15.0. The topological polar surface area (TPSA) is 129 Å². The molecule has 0 fully saturated rings. The van der Waals surface area contributed by atoms with Crippen LogP contribution in [0.3, 0.4) is 0 Å². The molecule has 212 valence electrons. The first-order valence-electron chi connectivity index (χ1n) is 12.5. The number of carbonyl (C=O) groups is 1. The number of amides is 1. The third-order valence-corrected chi connectivity index (χ3v) is 7.40. The molecule has 4 aromatic heterocycles. The Balaban J connectivity index is 1.30. The summed E-state index contributed by atoms with van der Waals surface area (Å²) in [5, 5.41) is 13.4. The zero-order chi connectivity index (χ0) is 29.1. The van der Waals surface area contributed by atoms with E-state index in [1.165, 1.54) is 23.6 Å². The molecule has 10 nitrogen and oxygen atoms in total. The molecule has 41 heavy (non-hydrogen) atoms. The van der Waals surface area contributed by atoms with Gasteiger partial charge in [0.25, 0.3) is 5.88 Å². The number of aliphatic hydroxyl groups excluding tert-OH is 1. The summed E-state index contributed by atoms with van der Waals surface area (Å²) in [6.45, 7) is 3.25. The molecule has 0 saturated carbocycles. The average molecular weight is 598 g/mol. The molecule has 0 bridgehead atoms. The van der Waals surface area contributed by atoms with Crippen LogP contribution in [0.5, 0.6) is 11.6 Å². The summed E-state index contributed by atoms with van der Waals surface area (Å²) in [4.78, 5) is 30.4. The fraction of sp³-hybridized carbons (Fsp3) is 0.250. The average Bonchev–Trinajstić information content (AvgIpc) is 3.35. The number of carbonyl (C=O) groups excluding carboxylic acids is 1. The third-order valence-electron chi connectivity index (χ3n) is 6.18. The minimum atomic E-state index is -0.744. The van der Waals surface area contributed by atoms with Gasteiger partial charge >= 0.3 is 6.09 Å². The molecule has 13 heteroatoms. The number of hydrogen-bond acceptors (Lipinski definition) is 10. The van der Waals surface area contributed by atoms with Gasteiger partial charge in [0.15, 0.2) is 5.82 Å². The number of rotatable bonds is 9. The van der Waals surface area contributed by atoms with E-state index in [1.54, 1.807) is 51.4 Å². The smallest absolute Gasteiger partial charge is 0.412 e. The van der Waals surface area contributed by atoms with Crippen LogP contribution in [0.15, 0.2) is 48.8 Å². The molecule has 5 rings (SSSR count). The lowest BCUT2D eigenvalue weighted by Crippen LogP contribution is -2.33. The van der Waals surface area contributed by atoms with Crippen molar-refractivity contribution in [3.05, 3.63) is 65.3 Å². The van der Waals surface area contributed by atoms with Gasteiger partial charge in [0, 0.05) is 40.8 Å². The van der Waals surface area contributed by atoms with Gasteiger partial charge in [0.05, 0.1) is 30.7 Å². The number of aromatic nitrogens is 4. The van der Waals surface area contributed by atoms with Gasteiger partial charge in [-0.2, -0.15) is 4.98 Å². The van der Waals surface area contributed by atoms with E-state index in [-0.39, 0.29) is 12.5 Å². The second-order valence-electron chi connectivity index (χ2n) is 9.09. The van der Waals surface area contributed by atoms with Crippen molar-refractivity contribution in [2.45, 2.75) is 32.5 Å². The number of methoxy groups -OCH3 is 1. The van der Waals surface area contributed by atoms with Gasteiger partial charge in [-0.1, -0.05) is 22.9 Å². The summed E-state index contributed by atoms with van der Waals surface area (Å²) in [5.74, 6) is -0.348. The van der Waals surface area contributed by atoms with Crippen molar-refractivity contribution in [1.82, 2.24) is 19.9 Å². The minimum absolute atomic E-state index is 0.0175. The third kappa shape index (κ3) is 6.45. The Labute approximate surface area is 243 Å². The molecular formula is C28H25ClFN5O5S. The highest BCUT2D eigenvalue weighted by atomic mass is 35.5. The predicted molar refractivity (Wildman–Crippen MR) is 154 cm³/mol. The van der Waals surface area contributed by atoms with Crippen LogP contribution in [0, 0.1) is 5.82 Å². The van der Waals surface area contributed by atoms with E-state index in [1.807, 2.05) is 6.07 Å². The van der Waals surface area contributed by atoms with Gasteiger partial charge in [-0.05, 0) is 44.2 Å². The first-order chi connectivity index (χ1) is 19.7. The van der Waals surface area contributed by atoms with Gasteiger partial charge in [0.2, 0.25) is 0 Å². The van der Waals surface area contributed by atoms with Crippen LogP contribution in [0.25, 0.3) is 31.8 Å². The molecule has 2 atom stereocenters. The Kier molecular flexibility index (Phi) is 8.43. The molecule has 1 aromatic carbocycles. The predicted octanol–water partition coefficient (Wildman–Crippen LogP) is 6.04. The molecule has 0 spiro atoms. The fourth-order valence-corrected chi connectivity index (χ4v) is 5.09. The summed E-state index contributed by atoms with van der Waals surface area (Å²) in [5.41, 5.74) is 2.83. The highest BCUT2D eigenvalue weighted by Crippen LogP contribution is 2.37. The monoisotopic (exact) mass is 597 g/mol. The molecular weight excluding hydrogens is 573 g/mol. The van der Waals surface area contributed by atoms with Crippen LogP contribution in [0.2, 0.25) is 5.02 Å². The van der Waals surface area contributed by atoms with Crippen molar-refractivity contribution < 1.29 is 28.5 Å². The number of ether oxygens (including phenoxy) is 3. The molecule has 5 aromatic rings. The number of pyridine rings is 3. The maximum absolute atomic E-state index is 15.0. The highest BCUT2D eigenvalue weighted by molar-refractivity contribution is 7.21. The number of aliphatic hydroxyl groups is 1. The Bertz CT molecular complexity index is 1720. The second kappa shape index (κ2) is 12.2. The zero-order valence-electron chi connectivity index (χ0n) is 22.2. The molecule has 4 heterocycles. The van der Waals surface area contributed by atoms with E-state index in [4.69, 9.17) is 30.9 Å². The second-order valence-corrected chi connectivity index (χ2v) is 10.5. The number of anilines is 1. The van der Waals surface area contributed by atoms with E-state index < -0.39 is 24.1 Å². The highest BCUT2D eigenvalue weighted by Gasteiger charge is 2.22. The molecule has 0 aliphatic heterocycles. The number of fused-ring (bicyclic) bond motifs is 2. The van der Waals surface area contributed by atoms with Crippen LogP contribution < -0.4 is 14.8 Å². The first kappa shape index (κ1) is 28.4. The fourth-order valence-electron chi connectivity index (χ4n) is 3.94. The summed E-state index contributed by atoms with van der Waals surface area (Å²) < 4.78 is 31.4. The lowest BCUT2D eigenvalue weighted by molar-refractivity contribution is 0.0379. The zero-order valence-corrected chi connectivity index (χ0v) is 23.8. The van der Waals surface area contributed by atoms with Gasteiger partial charge in [-0.25, -0.2) is 14.2 Å². The Morgan fingerprint density at radius 3 is 2.68 bits per heavy atom. The van der Waals surface area contributed by atoms with Crippen molar-refractivity contribution in [2.75, 3.05) is 19.0 Å². The lowest BCUT2D eigenvalue weighted by atomic mass is 10.1. The van der Waals surface area contributed by atoms with E-state index >= 15 is 0 Å². The van der Waals surface area contributed by atoms with Gasteiger partial charge in [-0.15, -0.1) is 0 Å². The van der Waals surface area contributed by atoms with Crippen LogP contribution in [-0.2, 0) is 11.2 Å². The molecule has 1 amide bonds. The lowest BCUT2D eigenvalue weighted by Gasteiger charge is -2.21. The molecule has 2 N–H and O–H groups in total. The largest absolute Gasteiger partial charge is 0.495 e. The van der Waals surface area contributed by atoms with E-state index in [0.717, 1.165) is 5.39 Å². The van der Waals surface area contributed by atoms with E-state index in [9.17, 15) is 9.18 Å². The molecule has 0 unspecified atom stereocenters. The number of nitrogens with zero attached hydrogens (tertiary/aromatic N) is 4. The summed E-state index contributed by atoms with van der Waals surface area (Å²) in [6.07, 6.45) is 1.29. The Morgan fingerprint density at radius 2 is 1.95 bits per heavy atom. The van der Waals surface area contributed by atoms with E-state index in [0.29, 0.717) is 55.0 Å². The van der Waals surface area contributed by atoms with Crippen molar-refractivity contribution in [2.24, 2.45) is 0 Å². The summed E-state index contributed by atoms with van der Waals surface area (Å²) in [6, 6.07) is 9.95. The van der Waals surface area contributed by atoms with Crippen molar-refractivity contribution in [3.63, 3.8) is 0 Å². The van der Waals surface area contributed by atoms with Crippen molar-refractivity contribution >= 4 is 56.0 Å². The SMILES string of the molecule is COc1cnc2c(-c3nc4cc(F)c(O[C@@H](C)[C@@H](C)OC(=O)Nc5ccc(CCO)nc5)nc4s3)cc(Cl)cc2c1. The standard InChI is InChI=1S/C28H25ClFN5O5S/c1-14(15(2)40-28(37)33-19-5-4-18(6-7-36)31-12-19)39-25-22(30)11-23-27(35-25)41-26(34-23)21-10-17(29)8-16-9-20(38-3)13-32-24(16)21/h4-5,8-15,36H,6-7H2,1-3H3,(H,33,37)/t14-,15+/m0/s1. The summed E-state index contributed by atoms with van der Waals surface area (Å²) >= 11 is 7.61. The first-order valence-corrected chi connectivity index (χ1v) is 13.7. The number of benzene rings is 1. The maximum Gasteiger partial charge on any atom is 0.412 e. The molecule has 0 aliphatic carbocycles. The van der Waals surface area contributed by atoms with Crippen LogP contribution in [0.4, 0.5) is 14.9 Å². The number of halogens is 2. The number of hydrogen-bond donors (Lipinski definition) is 2. The minimum Gasteiger partial charge on any atom is -0.495 e. The number of thiazole rings is 1. The Morgan fingerprint density at radius 1 is 1.12 bits per heavy atom. The quantitative estimate of drug-likeness (QED) is 0.209. The van der Waals surface area contributed by atoms with Crippen LogP contribution >= 0.6 is 22.9 Å². The Hall–Kier alpha value is -4.13. The number of nitrogens with one attached hydrogen (secondary N) is 1. The van der Waals surface area contributed by atoms with Crippen LogP contribution in [-0.4, -0.2) is 57.1 Å². The normalized spacial score (nSPS) is 12.7. The van der Waals surface area contributed by atoms with Gasteiger partial charge < -0.3 is 19.3 Å².